The van der Waals surface area contributed by atoms with Gasteiger partial charge in [-0.1, -0.05) is 23.1 Å². The Kier molecular flexibility index (Phi) is 5.42. The minimum Gasteiger partial charge on any atom is -0.378 e. The topological polar surface area (TPSA) is 47.4 Å². The van der Waals surface area contributed by atoms with E-state index in [1.54, 1.807) is 21.7 Å². The number of benzene rings is 1. The summed E-state index contributed by atoms with van der Waals surface area (Å²) in [5.41, 5.74) is 0.707. The van der Waals surface area contributed by atoms with Crippen LogP contribution >= 0.6 is 35.3 Å². The highest BCUT2D eigenvalue weighted by atomic mass is 32.2. The molecule has 0 aliphatic carbocycles. The van der Waals surface area contributed by atoms with Crippen LogP contribution in [0.4, 0.5) is 4.39 Å². The summed E-state index contributed by atoms with van der Waals surface area (Å²) in [6, 6.07) is 5.98. The molecule has 0 N–H and O–H groups in total. The summed E-state index contributed by atoms with van der Waals surface area (Å²) in [5, 5.41) is 4.40. The van der Waals surface area contributed by atoms with Crippen molar-refractivity contribution in [2.45, 2.75) is 4.34 Å². The van der Waals surface area contributed by atoms with Crippen LogP contribution in [0.5, 0.6) is 0 Å². The number of nitrogens with zero attached hydrogens (tertiary/aromatic N) is 3. The van der Waals surface area contributed by atoms with Crippen LogP contribution in [0, 0.1) is 9.77 Å². The highest BCUT2D eigenvalue weighted by Crippen LogP contribution is 2.24. The van der Waals surface area contributed by atoms with Gasteiger partial charge in [0.2, 0.25) is 5.91 Å². The van der Waals surface area contributed by atoms with E-state index in [4.69, 9.17) is 17.0 Å². The van der Waals surface area contributed by atoms with Crippen LogP contribution < -0.4 is 0 Å². The third-order valence-electron chi connectivity index (χ3n) is 3.28. The molecule has 0 spiro atoms. The molecule has 1 aromatic heterocycles. The van der Waals surface area contributed by atoms with Gasteiger partial charge in [0.1, 0.15) is 5.82 Å². The third kappa shape index (κ3) is 4.17. The third-order valence-corrected chi connectivity index (χ3v) is 5.63. The van der Waals surface area contributed by atoms with E-state index in [-0.39, 0.29) is 11.7 Å². The number of amides is 1. The number of hydrogen-bond donors (Lipinski definition) is 0. The molecule has 5 nitrogen and oxygen atoms in total. The molecule has 2 heterocycles. The second-order valence-electron chi connectivity index (χ2n) is 4.80. The van der Waals surface area contributed by atoms with Gasteiger partial charge in [0.25, 0.3) is 0 Å². The van der Waals surface area contributed by atoms with Gasteiger partial charge in [-0.05, 0) is 36.5 Å². The molecule has 23 heavy (non-hydrogen) atoms. The summed E-state index contributed by atoms with van der Waals surface area (Å²) in [4.78, 5) is 13.9. The van der Waals surface area contributed by atoms with Crippen LogP contribution in [0.25, 0.3) is 5.69 Å². The van der Waals surface area contributed by atoms with E-state index in [9.17, 15) is 9.18 Å². The number of aromatic nitrogens is 2. The molecule has 0 atom stereocenters. The fraction of sp³-hybridized carbons (Fsp3) is 0.357. The van der Waals surface area contributed by atoms with E-state index in [0.717, 1.165) is 4.34 Å². The van der Waals surface area contributed by atoms with Crippen LogP contribution in [-0.2, 0) is 9.53 Å². The first-order valence-electron chi connectivity index (χ1n) is 6.98. The van der Waals surface area contributed by atoms with Gasteiger partial charge in [0.05, 0.1) is 24.7 Å². The van der Waals surface area contributed by atoms with Crippen LogP contribution in [0.1, 0.15) is 0 Å². The Balaban J connectivity index is 1.65. The van der Waals surface area contributed by atoms with Crippen LogP contribution in [-0.4, -0.2) is 52.6 Å². The van der Waals surface area contributed by atoms with Crippen molar-refractivity contribution in [2.24, 2.45) is 0 Å². The molecular weight excluding hydrogens is 357 g/mol. The first-order valence-corrected chi connectivity index (χ1v) is 9.19. The van der Waals surface area contributed by atoms with E-state index in [2.05, 4.69) is 5.10 Å². The molecule has 3 rings (SSSR count). The molecule has 0 radical (unpaired) electrons. The number of carbonyl (C=O) groups is 1. The maximum absolute atomic E-state index is 13.0. The van der Waals surface area contributed by atoms with E-state index in [1.165, 1.54) is 35.2 Å². The molecule has 0 unspecified atom stereocenters. The summed E-state index contributed by atoms with van der Waals surface area (Å²) in [5.74, 6) is 0.0973. The van der Waals surface area contributed by atoms with Crippen LogP contribution in [0.2, 0.25) is 0 Å². The molecule has 9 heteroatoms. The number of halogens is 1. The Labute approximate surface area is 146 Å². The Morgan fingerprint density at radius 2 is 2.04 bits per heavy atom. The lowest BCUT2D eigenvalue weighted by Gasteiger charge is -2.26. The van der Waals surface area contributed by atoms with Crippen molar-refractivity contribution in [3.63, 3.8) is 0 Å². The highest BCUT2D eigenvalue weighted by Gasteiger charge is 2.17. The van der Waals surface area contributed by atoms with Crippen molar-refractivity contribution in [1.82, 2.24) is 14.7 Å². The van der Waals surface area contributed by atoms with Crippen molar-refractivity contribution in [2.75, 3.05) is 32.1 Å². The summed E-state index contributed by atoms with van der Waals surface area (Å²) >= 11 is 8.00. The summed E-state index contributed by atoms with van der Waals surface area (Å²) in [7, 11) is 0. The zero-order chi connectivity index (χ0) is 16.2. The molecule has 1 aliphatic rings. The number of morpholine rings is 1. The molecule has 1 fully saturated rings. The Morgan fingerprint density at radius 3 is 2.74 bits per heavy atom. The lowest BCUT2D eigenvalue weighted by Crippen LogP contribution is -2.41. The molecule has 122 valence electrons. The summed E-state index contributed by atoms with van der Waals surface area (Å²) in [6.45, 7) is 2.46. The molecule has 1 saturated heterocycles. The maximum atomic E-state index is 13.0. The summed E-state index contributed by atoms with van der Waals surface area (Å²) < 4.78 is 21.1. The Bertz CT molecular complexity index is 738. The number of rotatable bonds is 4. The van der Waals surface area contributed by atoms with Gasteiger partial charge in [-0.15, -0.1) is 5.10 Å². The quantitative estimate of drug-likeness (QED) is 0.611. The number of ether oxygens (including phenoxy) is 1. The normalized spacial score (nSPS) is 14.9. The zero-order valence-corrected chi connectivity index (χ0v) is 14.6. The minimum atomic E-state index is -0.304. The molecule has 0 saturated carbocycles. The van der Waals surface area contributed by atoms with E-state index in [0.29, 0.717) is 41.7 Å². The van der Waals surface area contributed by atoms with E-state index >= 15 is 0 Å². The van der Waals surface area contributed by atoms with Gasteiger partial charge < -0.3 is 9.64 Å². The minimum absolute atomic E-state index is 0.0766. The van der Waals surface area contributed by atoms with Crippen LogP contribution in [0.15, 0.2) is 28.6 Å². The maximum Gasteiger partial charge on any atom is 0.233 e. The molecule has 1 amide bonds. The molecular formula is C14H14FN3O2S3. The van der Waals surface area contributed by atoms with Gasteiger partial charge in [-0.3, -0.25) is 4.79 Å². The number of hydrogen-bond acceptors (Lipinski definition) is 6. The van der Waals surface area contributed by atoms with Gasteiger partial charge in [0.15, 0.2) is 8.29 Å². The Hall–Kier alpha value is -1.29. The first kappa shape index (κ1) is 16.6. The summed E-state index contributed by atoms with van der Waals surface area (Å²) in [6.07, 6.45) is 0. The predicted molar refractivity (Wildman–Crippen MR) is 90.4 cm³/mol. The monoisotopic (exact) mass is 371 g/mol. The van der Waals surface area contributed by atoms with Crippen LogP contribution in [0.3, 0.4) is 0 Å². The van der Waals surface area contributed by atoms with Crippen molar-refractivity contribution < 1.29 is 13.9 Å². The van der Waals surface area contributed by atoms with Crippen molar-refractivity contribution in [1.29, 1.82) is 0 Å². The number of thioether (sulfide) groups is 1. The largest absolute Gasteiger partial charge is 0.378 e. The Morgan fingerprint density at radius 1 is 1.35 bits per heavy atom. The standard InChI is InChI=1S/C14H14FN3O2S3/c15-10-1-3-11(4-2-10)18-14(21)23-13(16-18)22-9-12(19)17-5-7-20-8-6-17/h1-4H,5-9H2. The first-order chi connectivity index (χ1) is 11.1. The van der Waals surface area contributed by atoms with E-state index in [1.807, 2.05) is 0 Å². The fourth-order valence-electron chi connectivity index (χ4n) is 2.09. The molecule has 2 aromatic rings. The van der Waals surface area contributed by atoms with Gasteiger partial charge in [0, 0.05) is 13.1 Å². The van der Waals surface area contributed by atoms with Gasteiger partial charge in [-0.25, -0.2) is 9.07 Å². The zero-order valence-electron chi connectivity index (χ0n) is 12.1. The highest BCUT2D eigenvalue weighted by molar-refractivity contribution is 8.01. The van der Waals surface area contributed by atoms with Crippen molar-refractivity contribution in [3.05, 3.63) is 34.0 Å². The molecule has 1 aliphatic heterocycles. The SMILES string of the molecule is O=C(CSc1nn(-c2ccc(F)cc2)c(=S)s1)N1CCOCC1. The number of carbonyl (C=O) groups excluding carboxylic acids is 1. The second kappa shape index (κ2) is 7.52. The van der Waals surface area contributed by atoms with Gasteiger partial charge >= 0.3 is 0 Å². The van der Waals surface area contributed by atoms with Crippen molar-refractivity contribution >= 4 is 41.2 Å². The molecule has 1 aromatic carbocycles. The molecule has 0 bridgehead atoms. The average molecular weight is 371 g/mol. The average Bonchev–Trinajstić information content (AvgIpc) is 2.95. The lowest BCUT2D eigenvalue weighted by atomic mass is 10.3. The lowest BCUT2D eigenvalue weighted by molar-refractivity contribution is -0.132. The smallest absolute Gasteiger partial charge is 0.233 e. The second-order valence-corrected chi connectivity index (χ2v) is 7.65. The van der Waals surface area contributed by atoms with E-state index < -0.39 is 0 Å². The van der Waals surface area contributed by atoms with Crippen molar-refractivity contribution in [3.8, 4) is 5.69 Å². The fourth-order valence-corrected chi connectivity index (χ4v) is 4.36. The van der Waals surface area contributed by atoms with Gasteiger partial charge in [-0.2, -0.15) is 0 Å². The predicted octanol–water partition coefficient (Wildman–Crippen LogP) is 2.75.